The molecule has 1 rings (SSSR count). The van der Waals surface area contributed by atoms with E-state index in [9.17, 15) is 8.42 Å². The molecule has 0 aliphatic rings. The third-order valence-electron chi connectivity index (χ3n) is 3.55. The fourth-order valence-electron chi connectivity index (χ4n) is 2.35. The first-order valence-corrected chi connectivity index (χ1v) is 11.1. The van der Waals surface area contributed by atoms with Crippen LogP contribution in [-0.2, 0) is 16.4 Å². The van der Waals surface area contributed by atoms with Gasteiger partial charge in [0.25, 0.3) is 0 Å². The van der Waals surface area contributed by atoms with Gasteiger partial charge in [-0.1, -0.05) is 6.07 Å². The molecular weight excluding hydrogens is 368 g/mol. The van der Waals surface area contributed by atoms with Gasteiger partial charge in [-0.2, -0.15) is 0 Å². The van der Waals surface area contributed by atoms with Crippen molar-refractivity contribution in [3.63, 3.8) is 0 Å². The summed E-state index contributed by atoms with van der Waals surface area (Å²) < 4.78 is 35.7. The van der Waals surface area contributed by atoms with Crippen LogP contribution in [0, 0.1) is 0 Å². The Hall–Kier alpha value is -2.00. The molecule has 0 aliphatic carbocycles. The Morgan fingerprint density at radius 3 is 2.33 bits per heavy atom. The quantitative estimate of drug-likeness (QED) is 0.276. The van der Waals surface area contributed by atoms with Crippen LogP contribution >= 0.6 is 0 Å². The van der Waals surface area contributed by atoms with E-state index >= 15 is 0 Å². The molecule has 9 heteroatoms. The van der Waals surface area contributed by atoms with Gasteiger partial charge in [0.2, 0.25) is 10.0 Å². The average molecular weight is 401 g/mol. The van der Waals surface area contributed by atoms with E-state index in [4.69, 9.17) is 9.47 Å². The van der Waals surface area contributed by atoms with Crippen LogP contribution < -0.4 is 24.8 Å². The maximum atomic E-state index is 11.0. The normalized spacial score (nSPS) is 11.9. The number of aliphatic imine (C=N–C) groups is 1. The van der Waals surface area contributed by atoms with Gasteiger partial charge in [-0.15, -0.1) is 0 Å². The number of guanidine groups is 1. The van der Waals surface area contributed by atoms with Crippen LogP contribution in [0.4, 0.5) is 0 Å². The first kappa shape index (κ1) is 23.0. The minimum atomic E-state index is -3.13. The highest BCUT2D eigenvalue weighted by Crippen LogP contribution is 2.28. The van der Waals surface area contributed by atoms with Crippen LogP contribution in [0.15, 0.2) is 23.2 Å². The topological polar surface area (TPSA) is 101 Å². The third kappa shape index (κ3) is 10.0. The number of ether oxygens (including phenoxy) is 2. The number of rotatable bonds is 12. The number of hydrogen-bond donors (Lipinski definition) is 3. The van der Waals surface area contributed by atoms with Crippen molar-refractivity contribution in [3.05, 3.63) is 23.8 Å². The zero-order valence-corrected chi connectivity index (χ0v) is 17.5. The first-order valence-electron chi connectivity index (χ1n) is 9.17. The lowest BCUT2D eigenvalue weighted by atomic mass is 10.1. The van der Waals surface area contributed by atoms with Crippen molar-refractivity contribution in [2.45, 2.75) is 26.7 Å². The average Bonchev–Trinajstić information content (AvgIpc) is 2.61. The molecule has 0 amide bonds. The van der Waals surface area contributed by atoms with Gasteiger partial charge >= 0.3 is 0 Å². The highest BCUT2D eigenvalue weighted by atomic mass is 32.2. The molecule has 0 bridgehead atoms. The Balaban J connectivity index is 2.40. The van der Waals surface area contributed by atoms with E-state index in [-0.39, 0.29) is 0 Å². The number of benzene rings is 1. The number of hydrogen-bond acceptors (Lipinski definition) is 5. The molecule has 0 spiro atoms. The number of nitrogens with one attached hydrogen (secondary N) is 3. The molecule has 0 saturated carbocycles. The summed E-state index contributed by atoms with van der Waals surface area (Å²) in [7, 11) is -1.43. The maximum Gasteiger partial charge on any atom is 0.208 e. The fraction of sp³-hybridized carbons (Fsp3) is 0.611. The van der Waals surface area contributed by atoms with E-state index in [1.165, 1.54) is 0 Å². The third-order valence-corrected chi connectivity index (χ3v) is 4.28. The largest absolute Gasteiger partial charge is 0.490 e. The minimum absolute atomic E-state index is 0.398. The maximum absolute atomic E-state index is 11.0. The molecule has 0 unspecified atom stereocenters. The van der Waals surface area contributed by atoms with Gasteiger partial charge in [-0.3, -0.25) is 4.99 Å². The Morgan fingerprint density at radius 2 is 1.70 bits per heavy atom. The molecule has 0 atom stereocenters. The van der Waals surface area contributed by atoms with Gasteiger partial charge in [0, 0.05) is 26.7 Å². The summed E-state index contributed by atoms with van der Waals surface area (Å²) in [6.45, 7) is 6.82. The molecule has 0 fully saturated rings. The number of sulfonamides is 1. The van der Waals surface area contributed by atoms with Crippen molar-refractivity contribution in [2.75, 3.05) is 46.2 Å². The van der Waals surface area contributed by atoms with Gasteiger partial charge in [0.05, 0.1) is 19.5 Å². The summed E-state index contributed by atoms with van der Waals surface area (Å²) in [4.78, 5) is 4.16. The fourth-order valence-corrected chi connectivity index (χ4v) is 2.86. The molecule has 154 valence electrons. The van der Waals surface area contributed by atoms with Crippen molar-refractivity contribution in [3.8, 4) is 11.5 Å². The van der Waals surface area contributed by atoms with Gasteiger partial charge in [-0.05, 0) is 44.4 Å². The molecule has 0 radical (unpaired) electrons. The molecule has 0 heterocycles. The van der Waals surface area contributed by atoms with E-state index in [0.717, 1.165) is 29.7 Å². The molecule has 1 aromatic rings. The van der Waals surface area contributed by atoms with Crippen molar-refractivity contribution >= 4 is 16.0 Å². The van der Waals surface area contributed by atoms with Gasteiger partial charge in [-0.25, -0.2) is 13.1 Å². The molecule has 0 aliphatic heterocycles. The van der Waals surface area contributed by atoms with E-state index < -0.39 is 10.0 Å². The SMILES string of the molecule is CCOc1ccc(CCNC(=NC)NCCCNS(C)(=O)=O)cc1OCC. The van der Waals surface area contributed by atoms with Crippen molar-refractivity contribution < 1.29 is 17.9 Å². The summed E-state index contributed by atoms with van der Waals surface area (Å²) in [5.74, 6) is 2.21. The van der Waals surface area contributed by atoms with Gasteiger partial charge < -0.3 is 20.1 Å². The van der Waals surface area contributed by atoms with Crippen LogP contribution in [0.5, 0.6) is 11.5 Å². The number of nitrogens with zero attached hydrogens (tertiary/aromatic N) is 1. The van der Waals surface area contributed by atoms with E-state index in [0.29, 0.717) is 45.2 Å². The van der Waals surface area contributed by atoms with Crippen molar-refractivity contribution in [1.29, 1.82) is 0 Å². The smallest absolute Gasteiger partial charge is 0.208 e. The summed E-state index contributed by atoms with van der Waals surface area (Å²) >= 11 is 0. The van der Waals surface area contributed by atoms with E-state index in [1.807, 2.05) is 32.0 Å². The molecule has 27 heavy (non-hydrogen) atoms. The molecule has 0 saturated heterocycles. The van der Waals surface area contributed by atoms with Crippen molar-refractivity contribution in [2.24, 2.45) is 4.99 Å². The van der Waals surface area contributed by atoms with Crippen LogP contribution in [0.2, 0.25) is 0 Å². The predicted molar refractivity (Wildman–Crippen MR) is 109 cm³/mol. The predicted octanol–water partition coefficient (Wildman–Crippen LogP) is 1.13. The van der Waals surface area contributed by atoms with E-state index in [2.05, 4.69) is 20.3 Å². The second kappa shape index (κ2) is 12.4. The zero-order chi connectivity index (χ0) is 20.1. The van der Waals surface area contributed by atoms with Gasteiger partial charge in [0.15, 0.2) is 17.5 Å². The van der Waals surface area contributed by atoms with Crippen LogP contribution in [0.25, 0.3) is 0 Å². The Kier molecular flexibility index (Phi) is 10.6. The minimum Gasteiger partial charge on any atom is -0.490 e. The van der Waals surface area contributed by atoms with Crippen molar-refractivity contribution in [1.82, 2.24) is 15.4 Å². The highest BCUT2D eigenvalue weighted by molar-refractivity contribution is 7.88. The summed E-state index contributed by atoms with van der Waals surface area (Å²) in [6.07, 6.45) is 2.63. The highest BCUT2D eigenvalue weighted by Gasteiger charge is 2.06. The first-order chi connectivity index (χ1) is 12.9. The second-order valence-electron chi connectivity index (χ2n) is 5.84. The summed E-state index contributed by atoms with van der Waals surface area (Å²) in [5.41, 5.74) is 1.14. The molecule has 1 aromatic carbocycles. The summed E-state index contributed by atoms with van der Waals surface area (Å²) in [6, 6.07) is 5.97. The Labute approximate surface area is 162 Å². The molecular formula is C18H32N4O4S. The van der Waals surface area contributed by atoms with E-state index in [1.54, 1.807) is 7.05 Å². The monoisotopic (exact) mass is 400 g/mol. The van der Waals surface area contributed by atoms with Crippen LogP contribution in [-0.4, -0.2) is 60.5 Å². The second-order valence-corrected chi connectivity index (χ2v) is 7.68. The lowest BCUT2D eigenvalue weighted by molar-refractivity contribution is 0.287. The molecule has 0 aromatic heterocycles. The molecule has 3 N–H and O–H groups in total. The lowest BCUT2D eigenvalue weighted by Crippen LogP contribution is -2.39. The Bertz CT molecular complexity index is 693. The zero-order valence-electron chi connectivity index (χ0n) is 16.7. The van der Waals surface area contributed by atoms with Crippen LogP contribution in [0.3, 0.4) is 0 Å². The van der Waals surface area contributed by atoms with Crippen LogP contribution in [0.1, 0.15) is 25.8 Å². The Morgan fingerprint density at radius 1 is 1.04 bits per heavy atom. The summed E-state index contributed by atoms with van der Waals surface area (Å²) in [5, 5.41) is 6.40. The lowest BCUT2D eigenvalue weighted by Gasteiger charge is -2.14. The van der Waals surface area contributed by atoms with Gasteiger partial charge in [0.1, 0.15) is 0 Å². The standard InChI is InChI=1S/C18H32N4O4S/c1-5-25-16-9-8-15(14-17(16)26-6-2)10-13-21-18(19-3)20-11-7-12-22-27(4,23)24/h8-9,14,22H,5-7,10-13H2,1-4H3,(H2,19,20,21). The molecule has 8 nitrogen and oxygen atoms in total.